The van der Waals surface area contributed by atoms with Crippen LogP contribution < -0.4 is 0 Å². The van der Waals surface area contributed by atoms with Crippen molar-refractivity contribution in [1.29, 1.82) is 0 Å². The Morgan fingerprint density at radius 1 is 1.33 bits per heavy atom. The lowest BCUT2D eigenvalue weighted by Gasteiger charge is -2.36. The minimum atomic E-state index is -0.883. The van der Waals surface area contributed by atoms with Crippen molar-refractivity contribution in [3.05, 3.63) is 36.0 Å². The van der Waals surface area contributed by atoms with Gasteiger partial charge in [-0.25, -0.2) is 4.79 Å². The predicted octanol–water partition coefficient (Wildman–Crippen LogP) is 3.20. The minimum Gasteiger partial charge on any atom is -0.480 e. The molecule has 5 heteroatoms. The van der Waals surface area contributed by atoms with Crippen molar-refractivity contribution in [3.63, 3.8) is 0 Å². The Morgan fingerprint density at radius 2 is 2.12 bits per heavy atom. The number of carboxylic acids is 1. The molecule has 2 N–H and O–H groups in total. The summed E-state index contributed by atoms with van der Waals surface area (Å²) in [5, 5.41) is 10.6. The molecule has 1 aliphatic heterocycles. The molecule has 128 valence electrons. The molecule has 0 aliphatic carbocycles. The van der Waals surface area contributed by atoms with Gasteiger partial charge in [-0.2, -0.15) is 0 Å². The first-order valence-corrected chi connectivity index (χ1v) is 8.63. The van der Waals surface area contributed by atoms with Crippen molar-refractivity contribution in [2.24, 2.45) is 5.92 Å². The van der Waals surface area contributed by atoms with Gasteiger partial charge in [0.2, 0.25) is 5.91 Å². The summed E-state index contributed by atoms with van der Waals surface area (Å²) in [4.78, 5) is 28.7. The zero-order chi connectivity index (χ0) is 17.1. The predicted molar refractivity (Wildman–Crippen MR) is 92.8 cm³/mol. The molecule has 1 aliphatic rings. The third-order valence-electron chi connectivity index (χ3n) is 4.98. The van der Waals surface area contributed by atoms with Gasteiger partial charge in [0.05, 0.1) is 0 Å². The van der Waals surface area contributed by atoms with Crippen molar-refractivity contribution >= 4 is 22.8 Å². The highest BCUT2D eigenvalue weighted by Gasteiger charge is 2.34. The number of aryl methyl sites for hydroxylation is 1. The Kier molecular flexibility index (Phi) is 4.88. The van der Waals surface area contributed by atoms with Crippen LogP contribution in [0.4, 0.5) is 0 Å². The van der Waals surface area contributed by atoms with Crippen LogP contribution in [0.2, 0.25) is 0 Å². The maximum Gasteiger partial charge on any atom is 0.326 e. The third kappa shape index (κ3) is 3.45. The second-order valence-corrected chi connectivity index (χ2v) is 6.78. The van der Waals surface area contributed by atoms with E-state index >= 15 is 0 Å². The number of piperidine rings is 1. The van der Waals surface area contributed by atoms with Gasteiger partial charge >= 0.3 is 5.97 Å². The van der Waals surface area contributed by atoms with Crippen molar-refractivity contribution in [1.82, 2.24) is 9.88 Å². The van der Waals surface area contributed by atoms with E-state index in [0.717, 1.165) is 24.8 Å². The summed E-state index contributed by atoms with van der Waals surface area (Å²) in [5.74, 6) is -0.554. The van der Waals surface area contributed by atoms with Crippen LogP contribution in [0.15, 0.2) is 30.5 Å². The van der Waals surface area contributed by atoms with Crippen LogP contribution in [0.5, 0.6) is 0 Å². The fourth-order valence-electron chi connectivity index (χ4n) is 3.59. The molecule has 2 unspecified atom stereocenters. The van der Waals surface area contributed by atoms with E-state index < -0.39 is 12.0 Å². The van der Waals surface area contributed by atoms with Crippen LogP contribution in [-0.2, 0) is 16.0 Å². The van der Waals surface area contributed by atoms with E-state index in [2.05, 4.69) is 18.0 Å². The lowest BCUT2D eigenvalue weighted by atomic mass is 9.92. The molecule has 5 nitrogen and oxygen atoms in total. The molecule has 1 saturated heterocycles. The molecule has 1 aromatic heterocycles. The zero-order valence-electron chi connectivity index (χ0n) is 14.0. The number of benzene rings is 1. The van der Waals surface area contributed by atoms with Crippen LogP contribution in [0.1, 0.15) is 38.2 Å². The number of carboxylic acid groups (broad SMARTS) is 1. The topological polar surface area (TPSA) is 73.4 Å². The largest absolute Gasteiger partial charge is 0.480 e. The fraction of sp³-hybridized carbons (Fsp3) is 0.474. The van der Waals surface area contributed by atoms with E-state index in [9.17, 15) is 14.7 Å². The molecular weight excluding hydrogens is 304 g/mol. The van der Waals surface area contributed by atoms with Gasteiger partial charge in [0.15, 0.2) is 0 Å². The average molecular weight is 328 g/mol. The summed E-state index contributed by atoms with van der Waals surface area (Å²) in [6.07, 6.45) is 5.40. The lowest BCUT2D eigenvalue weighted by Crippen LogP contribution is -2.49. The number of aliphatic carboxylic acids is 1. The zero-order valence-corrected chi connectivity index (χ0v) is 14.0. The number of hydrogen-bond acceptors (Lipinski definition) is 2. The molecule has 0 bridgehead atoms. The number of para-hydroxylation sites is 1. The van der Waals surface area contributed by atoms with Crippen LogP contribution in [0.3, 0.4) is 0 Å². The highest BCUT2D eigenvalue weighted by molar-refractivity contribution is 5.84. The molecule has 0 saturated carbocycles. The average Bonchev–Trinajstić information content (AvgIpc) is 2.98. The fourth-order valence-corrected chi connectivity index (χ4v) is 3.59. The number of amides is 1. The molecule has 24 heavy (non-hydrogen) atoms. The van der Waals surface area contributed by atoms with Crippen LogP contribution >= 0.6 is 0 Å². The molecule has 1 aromatic carbocycles. The standard InChI is InChI=1S/C19H24N2O3/c1-13-9-10-21(17(11-13)19(23)24)18(22)8-4-5-14-12-20-16-7-3-2-6-15(14)16/h2-3,6-7,12-13,17,20H,4-5,8-11H2,1H3,(H,23,24). The Labute approximate surface area is 141 Å². The summed E-state index contributed by atoms with van der Waals surface area (Å²) in [6, 6.07) is 7.47. The number of carbonyl (C=O) groups is 2. The Balaban J connectivity index is 1.58. The summed E-state index contributed by atoms with van der Waals surface area (Å²) in [6.45, 7) is 2.61. The van der Waals surface area contributed by atoms with Gasteiger partial charge in [0.1, 0.15) is 6.04 Å². The number of hydrogen-bond donors (Lipinski definition) is 2. The first-order valence-electron chi connectivity index (χ1n) is 8.63. The van der Waals surface area contributed by atoms with E-state index in [1.54, 1.807) is 4.90 Å². The number of rotatable bonds is 5. The maximum absolute atomic E-state index is 12.5. The molecule has 2 aromatic rings. The van der Waals surface area contributed by atoms with Crippen LogP contribution in [-0.4, -0.2) is 39.5 Å². The molecule has 0 radical (unpaired) electrons. The van der Waals surface area contributed by atoms with Crippen molar-refractivity contribution in [3.8, 4) is 0 Å². The summed E-state index contributed by atoms with van der Waals surface area (Å²) < 4.78 is 0. The molecule has 3 rings (SSSR count). The number of fused-ring (bicyclic) bond motifs is 1. The molecule has 2 atom stereocenters. The molecule has 2 heterocycles. The van der Waals surface area contributed by atoms with Gasteiger partial charge < -0.3 is 15.0 Å². The number of H-pyrrole nitrogens is 1. The molecule has 1 amide bonds. The van der Waals surface area contributed by atoms with Gasteiger partial charge in [-0.15, -0.1) is 0 Å². The van der Waals surface area contributed by atoms with Gasteiger partial charge in [0, 0.05) is 30.1 Å². The van der Waals surface area contributed by atoms with E-state index in [1.165, 1.54) is 10.9 Å². The molecule has 0 spiro atoms. The number of aromatic amines is 1. The lowest BCUT2D eigenvalue weighted by molar-refractivity contribution is -0.153. The Hall–Kier alpha value is -2.30. The van der Waals surface area contributed by atoms with Crippen LogP contribution in [0, 0.1) is 5.92 Å². The van der Waals surface area contributed by atoms with Crippen LogP contribution in [0.25, 0.3) is 10.9 Å². The Morgan fingerprint density at radius 3 is 2.92 bits per heavy atom. The monoisotopic (exact) mass is 328 g/mol. The number of likely N-dealkylation sites (tertiary alicyclic amines) is 1. The van der Waals surface area contributed by atoms with Gasteiger partial charge in [0.25, 0.3) is 0 Å². The first-order chi connectivity index (χ1) is 11.6. The van der Waals surface area contributed by atoms with Crippen molar-refractivity contribution in [2.45, 2.75) is 45.1 Å². The highest BCUT2D eigenvalue weighted by Crippen LogP contribution is 2.24. The van der Waals surface area contributed by atoms with E-state index in [-0.39, 0.29) is 5.91 Å². The van der Waals surface area contributed by atoms with E-state index in [4.69, 9.17) is 0 Å². The third-order valence-corrected chi connectivity index (χ3v) is 4.98. The van der Waals surface area contributed by atoms with Gasteiger partial charge in [-0.05, 0) is 43.2 Å². The number of nitrogens with zero attached hydrogens (tertiary/aromatic N) is 1. The molecular formula is C19H24N2O3. The van der Waals surface area contributed by atoms with Crippen molar-refractivity contribution < 1.29 is 14.7 Å². The highest BCUT2D eigenvalue weighted by atomic mass is 16.4. The molecule has 1 fully saturated rings. The summed E-state index contributed by atoms with van der Waals surface area (Å²) >= 11 is 0. The maximum atomic E-state index is 12.5. The second kappa shape index (κ2) is 7.07. The van der Waals surface area contributed by atoms with E-state index in [0.29, 0.717) is 25.3 Å². The second-order valence-electron chi connectivity index (χ2n) is 6.78. The van der Waals surface area contributed by atoms with Gasteiger partial charge in [-0.1, -0.05) is 25.1 Å². The minimum absolute atomic E-state index is 0.0332. The SMILES string of the molecule is CC1CCN(C(=O)CCCc2c[nH]c3ccccc23)C(C(=O)O)C1. The smallest absolute Gasteiger partial charge is 0.326 e. The summed E-state index contributed by atoms with van der Waals surface area (Å²) in [7, 11) is 0. The summed E-state index contributed by atoms with van der Waals surface area (Å²) in [5.41, 5.74) is 2.32. The van der Waals surface area contributed by atoms with Crippen molar-refractivity contribution in [2.75, 3.05) is 6.54 Å². The number of aromatic nitrogens is 1. The normalized spacial score (nSPS) is 21.1. The Bertz CT molecular complexity index is 737. The van der Waals surface area contributed by atoms with Gasteiger partial charge in [-0.3, -0.25) is 4.79 Å². The van der Waals surface area contributed by atoms with E-state index in [1.807, 2.05) is 24.4 Å². The first kappa shape index (κ1) is 16.6. The number of nitrogens with one attached hydrogen (secondary N) is 1. The number of carbonyl (C=O) groups excluding carboxylic acids is 1. The quantitative estimate of drug-likeness (QED) is 0.885.